The molecule has 0 aliphatic carbocycles. The van der Waals surface area contributed by atoms with Crippen molar-refractivity contribution in [2.45, 2.75) is 4.90 Å². The van der Waals surface area contributed by atoms with E-state index in [2.05, 4.69) is 0 Å². The van der Waals surface area contributed by atoms with E-state index in [0.717, 1.165) is 17.0 Å². The van der Waals surface area contributed by atoms with Crippen LogP contribution in [0.25, 0.3) is 0 Å². The van der Waals surface area contributed by atoms with Crippen LogP contribution in [-0.4, -0.2) is 17.3 Å². The molecule has 0 aromatic heterocycles. The molecule has 104 valence electrons. The molecule has 0 spiro atoms. The van der Waals surface area contributed by atoms with Gasteiger partial charge in [0.2, 0.25) is 0 Å². The number of hydrogen-bond donors (Lipinski definition) is 0. The van der Waals surface area contributed by atoms with Crippen LogP contribution in [0.4, 0.5) is 10.1 Å². The molecule has 0 saturated carbocycles. The minimum absolute atomic E-state index is 0.0880. The number of benzene rings is 2. The summed E-state index contributed by atoms with van der Waals surface area (Å²) in [7, 11) is 0. The highest BCUT2D eigenvalue weighted by molar-refractivity contribution is 7.99. The second kappa shape index (κ2) is 6.91. The van der Waals surface area contributed by atoms with Gasteiger partial charge in [-0.25, -0.2) is 4.39 Å². The Hall–Kier alpha value is -2.08. The number of thioether (sulfide) groups is 1. The molecule has 0 N–H and O–H groups in total. The molecule has 6 heteroatoms. The van der Waals surface area contributed by atoms with E-state index in [1.54, 1.807) is 11.8 Å². The Morgan fingerprint density at radius 3 is 2.65 bits per heavy atom. The van der Waals surface area contributed by atoms with Gasteiger partial charge in [0, 0.05) is 10.6 Å². The third-order valence-corrected chi connectivity index (χ3v) is 3.45. The lowest BCUT2D eigenvalue weighted by Crippen LogP contribution is -2.03. The Balaban J connectivity index is 1.90. The molecule has 0 aliphatic rings. The highest BCUT2D eigenvalue weighted by Crippen LogP contribution is 2.27. The van der Waals surface area contributed by atoms with E-state index in [-0.39, 0.29) is 11.4 Å². The topological polar surface area (TPSA) is 52.4 Å². The molecule has 0 atom stereocenters. The summed E-state index contributed by atoms with van der Waals surface area (Å²) in [5, 5.41) is 10.8. The number of rotatable bonds is 6. The number of nitro benzene ring substituents is 1. The van der Waals surface area contributed by atoms with Crippen molar-refractivity contribution in [2.24, 2.45) is 0 Å². The average molecular weight is 293 g/mol. The van der Waals surface area contributed by atoms with Crippen molar-refractivity contribution >= 4 is 17.4 Å². The van der Waals surface area contributed by atoms with Gasteiger partial charge in [0.25, 0.3) is 0 Å². The summed E-state index contributed by atoms with van der Waals surface area (Å²) < 4.78 is 18.3. The minimum atomic E-state index is -0.650. The quantitative estimate of drug-likeness (QED) is 0.351. The summed E-state index contributed by atoms with van der Waals surface area (Å²) in [5.74, 6) is 0.0891. The maximum Gasteiger partial charge on any atom is 0.313 e. The van der Waals surface area contributed by atoms with Crippen LogP contribution in [0, 0.1) is 15.9 Å². The first-order valence-corrected chi connectivity index (χ1v) is 6.90. The molecule has 2 aromatic rings. The molecular formula is C14H12FNO3S. The van der Waals surface area contributed by atoms with Crippen molar-refractivity contribution in [1.82, 2.24) is 0 Å². The molecule has 4 nitrogen and oxygen atoms in total. The van der Waals surface area contributed by atoms with Crippen LogP contribution in [-0.2, 0) is 0 Å². The number of halogens is 1. The van der Waals surface area contributed by atoms with Gasteiger partial charge in [0.15, 0.2) is 5.75 Å². The normalized spacial score (nSPS) is 10.2. The summed E-state index contributed by atoms with van der Waals surface area (Å²) in [6.07, 6.45) is 0. The number of nitro groups is 1. The molecule has 2 rings (SSSR count). The molecule has 0 fully saturated rings. The maximum atomic E-state index is 13.0. The van der Waals surface area contributed by atoms with Gasteiger partial charge in [-0.2, -0.15) is 0 Å². The van der Waals surface area contributed by atoms with Crippen molar-refractivity contribution in [3.63, 3.8) is 0 Å². The third kappa shape index (κ3) is 3.96. The van der Waals surface area contributed by atoms with E-state index in [1.165, 1.54) is 6.07 Å². The van der Waals surface area contributed by atoms with E-state index >= 15 is 0 Å². The Labute approximate surface area is 119 Å². The molecule has 0 radical (unpaired) electrons. The predicted molar refractivity (Wildman–Crippen MR) is 75.7 cm³/mol. The third-order valence-electron chi connectivity index (χ3n) is 2.47. The van der Waals surface area contributed by atoms with Crippen molar-refractivity contribution < 1.29 is 14.1 Å². The zero-order valence-corrected chi connectivity index (χ0v) is 11.3. The fourth-order valence-corrected chi connectivity index (χ4v) is 2.34. The zero-order valence-electron chi connectivity index (χ0n) is 10.5. The summed E-state index contributed by atoms with van der Waals surface area (Å²) in [4.78, 5) is 11.2. The van der Waals surface area contributed by atoms with Gasteiger partial charge in [-0.05, 0) is 24.3 Å². The zero-order chi connectivity index (χ0) is 14.4. The Kier molecular flexibility index (Phi) is 4.95. The van der Waals surface area contributed by atoms with E-state index in [9.17, 15) is 14.5 Å². The Morgan fingerprint density at radius 1 is 1.20 bits per heavy atom. The SMILES string of the molecule is O=[N+]([O-])c1cc(F)ccc1OCCSc1ccccc1. The van der Waals surface area contributed by atoms with Crippen molar-refractivity contribution in [2.75, 3.05) is 12.4 Å². The minimum Gasteiger partial charge on any atom is -0.486 e. The number of ether oxygens (including phenoxy) is 1. The summed E-state index contributed by atoms with van der Waals surface area (Å²) >= 11 is 1.59. The monoisotopic (exact) mass is 293 g/mol. The van der Waals surface area contributed by atoms with Crippen molar-refractivity contribution in [3.8, 4) is 5.75 Å². The molecule has 0 aliphatic heterocycles. The van der Waals surface area contributed by atoms with Crippen LogP contribution in [0.15, 0.2) is 53.4 Å². The smallest absolute Gasteiger partial charge is 0.313 e. The molecule has 20 heavy (non-hydrogen) atoms. The number of nitrogens with zero attached hydrogens (tertiary/aromatic N) is 1. The maximum absolute atomic E-state index is 13.0. The van der Waals surface area contributed by atoms with Crippen LogP contribution >= 0.6 is 11.8 Å². The van der Waals surface area contributed by atoms with Crippen molar-refractivity contribution in [1.29, 1.82) is 0 Å². The number of hydrogen-bond acceptors (Lipinski definition) is 4. The summed E-state index contributed by atoms with van der Waals surface area (Å²) in [6.45, 7) is 0.312. The molecule has 0 heterocycles. The first-order valence-electron chi connectivity index (χ1n) is 5.91. The van der Waals surface area contributed by atoms with Gasteiger partial charge in [0.05, 0.1) is 17.6 Å². The van der Waals surface area contributed by atoms with Crippen LogP contribution in [0.3, 0.4) is 0 Å². The molecule has 0 amide bonds. The molecule has 0 bridgehead atoms. The highest BCUT2D eigenvalue weighted by Gasteiger charge is 2.15. The van der Waals surface area contributed by atoms with E-state index in [0.29, 0.717) is 12.4 Å². The van der Waals surface area contributed by atoms with Gasteiger partial charge in [-0.1, -0.05) is 18.2 Å². The molecular weight excluding hydrogens is 281 g/mol. The first-order chi connectivity index (χ1) is 9.66. The largest absolute Gasteiger partial charge is 0.486 e. The highest BCUT2D eigenvalue weighted by atomic mass is 32.2. The van der Waals surface area contributed by atoms with Crippen LogP contribution in [0.1, 0.15) is 0 Å². The van der Waals surface area contributed by atoms with Gasteiger partial charge in [-0.3, -0.25) is 10.1 Å². The van der Waals surface area contributed by atoms with Crippen LogP contribution < -0.4 is 4.74 Å². The Bertz CT molecular complexity index is 592. The molecule has 0 unspecified atom stereocenters. The lowest BCUT2D eigenvalue weighted by molar-refractivity contribution is -0.386. The van der Waals surface area contributed by atoms with Crippen LogP contribution in [0.2, 0.25) is 0 Å². The second-order valence-electron chi connectivity index (χ2n) is 3.88. The average Bonchev–Trinajstić information content (AvgIpc) is 2.45. The first kappa shape index (κ1) is 14.3. The van der Waals surface area contributed by atoms with Crippen molar-refractivity contribution in [3.05, 3.63) is 64.5 Å². The van der Waals surface area contributed by atoms with Gasteiger partial charge in [0.1, 0.15) is 5.82 Å². The summed E-state index contributed by atoms with van der Waals surface area (Å²) in [6, 6.07) is 13.0. The molecule has 0 saturated heterocycles. The predicted octanol–water partition coefficient (Wildman–Crippen LogP) is 3.91. The molecule has 2 aromatic carbocycles. The van der Waals surface area contributed by atoms with Crippen LogP contribution in [0.5, 0.6) is 5.75 Å². The second-order valence-corrected chi connectivity index (χ2v) is 5.05. The van der Waals surface area contributed by atoms with Gasteiger partial charge in [-0.15, -0.1) is 11.8 Å². The van der Waals surface area contributed by atoms with E-state index < -0.39 is 10.7 Å². The van der Waals surface area contributed by atoms with E-state index in [1.807, 2.05) is 30.3 Å². The fourth-order valence-electron chi connectivity index (χ4n) is 1.58. The Morgan fingerprint density at radius 2 is 1.95 bits per heavy atom. The lowest BCUT2D eigenvalue weighted by Gasteiger charge is -2.06. The van der Waals surface area contributed by atoms with Gasteiger partial charge >= 0.3 is 5.69 Å². The summed E-state index contributed by atoms with van der Waals surface area (Å²) in [5.41, 5.74) is -0.352. The lowest BCUT2D eigenvalue weighted by atomic mass is 10.3. The fraction of sp³-hybridized carbons (Fsp3) is 0.143. The van der Waals surface area contributed by atoms with E-state index in [4.69, 9.17) is 4.74 Å². The van der Waals surface area contributed by atoms with Gasteiger partial charge < -0.3 is 4.74 Å². The standard InChI is InChI=1S/C14H12FNO3S/c15-11-6-7-14(13(10-11)16(17)18)19-8-9-20-12-4-2-1-3-5-12/h1-7,10H,8-9H2.